The van der Waals surface area contributed by atoms with Crippen LogP contribution in [0.1, 0.15) is 66.7 Å². The first kappa shape index (κ1) is 23.8. The lowest BCUT2D eigenvalue weighted by molar-refractivity contribution is -0.125. The molecule has 1 heterocycles. The van der Waals surface area contributed by atoms with E-state index in [0.717, 1.165) is 6.42 Å². The lowest BCUT2D eigenvalue weighted by Crippen LogP contribution is -2.34. The van der Waals surface area contributed by atoms with Gasteiger partial charge in [-0.15, -0.1) is 0 Å². The highest BCUT2D eigenvalue weighted by molar-refractivity contribution is 7.88. The SMILES string of the molecule is CC(C)(C)CCCN(O)S(=O)(=O)CCC(C)(C)CCCN1C(=O)CNC1=O. The van der Waals surface area contributed by atoms with Crippen molar-refractivity contribution >= 4 is 22.0 Å². The first-order chi connectivity index (χ1) is 12.2. The van der Waals surface area contributed by atoms with Crippen LogP contribution in [0.25, 0.3) is 0 Å². The molecule has 3 amide bonds. The van der Waals surface area contributed by atoms with Crippen LogP contribution in [-0.4, -0.2) is 60.3 Å². The quantitative estimate of drug-likeness (QED) is 0.406. The van der Waals surface area contributed by atoms with Gasteiger partial charge < -0.3 is 5.32 Å². The molecule has 0 saturated carbocycles. The monoisotopic (exact) mass is 405 g/mol. The molecule has 1 aliphatic rings. The number of hydrogen-bond donors (Lipinski definition) is 2. The van der Waals surface area contributed by atoms with Gasteiger partial charge in [-0.25, -0.2) is 13.2 Å². The van der Waals surface area contributed by atoms with Crippen LogP contribution in [-0.2, 0) is 14.8 Å². The van der Waals surface area contributed by atoms with E-state index in [1.165, 1.54) is 4.90 Å². The van der Waals surface area contributed by atoms with Crippen LogP contribution >= 0.6 is 0 Å². The Morgan fingerprint density at radius 2 is 1.70 bits per heavy atom. The Morgan fingerprint density at radius 3 is 2.22 bits per heavy atom. The third-order valence-electron chi connectivity index (χ3n) is 4.81. The smallest absolute Gasteiger partial charge is 0.324 e. The van der Waals surface area contributed by atoms with Gasteiger partial charge in [0.05, 0.1) is 12.3 Å². The molecular weight excluding hydrogens is 370 g/mol. The molecule has 2 N–H and O–H groups in total. The van der Waals surface area contributed by atoms with Crippen LogP contribution in [0.3, 0.4) is 0 Å². The molecule has 8 nitrogen and oxygen atoms in total. The second-order valence-corrected chi connectivity index (χ2v) is 11.2. The average Bonchev–Trinajstić information content (AvgIpc) is 2.83. The van der Waals surface area contributed by atoms with Gasteiger partial charge in [0.25, 0.3) is 0 Å². The normalized spacial score (nSPS) is 16.3. The maximum Gasteiger partial charge on any atom is 0.324 e. The molecule has 0 atom stereocenters. The third-order valence-corrected chi connectivity index (χ3v) is 6.35. The van der Waals surface area contributed by atoms with Gasteiger partial charge in [0.2, 0.25) is 15.9 Å². The van der Waals surface area contributed by atoms with E-state index in [1.807, 2.05) is 13.8 Å². The Bertz CT molecular complexity index is 609. The van der Waals surface area contributed by atoms with Gasteiger partial charge in [-0.2, -0.15) is 0 Å². The second kappa shape index (κ2) is 9.34. The molecular formula is C18H35N3O5S. The number of hydrogen-bond acceptors (Lipinski definition) is 5. The van der Waals surface area contributed by atoms with Crippen LogP contribution in [0.5, 0.6) is 0 Å². The minimum absolute atomic E-state index is 0.0437. The van der Waals surface area contributed by atoms with Crippen molar-refractivity contribution in [2.45, 2.75) is 66.7 Å². The molecule has 1 fully saturated rings. The van der Waals surface area contributed by atoms with E-state index < -0.39 is 10.0 Å². The Morgan fingerprint density at radius 1 is 1.07 bits per heavy atom. The van der Waals surface area contributed by atoms with Crippen molar-refractivity contribution < 1.29 is 23.2 Å². The van der Waals surface area contributed by atoms with E-state index in [1.54, 1.807) is 0 Å². The number of carbonyl (C=O) groups is 2. The Kier molecular flexibility index (Phi) is 8.25. The number of urea groups is 1. The molecule has 0 unspecified atom stereocenters. The van der Waals surface area contributed by atoms with Gasteiger partial charge in [-0.1, -0.05) is 39.1 Å². The van der Waals surface area contributed by atoms with Gasteiger partial charge in [-0.05, 0) is 42.9 Å². The van der Waals surface area contributed by atoms with E-state index in [0.29, 0.717) is 36.7 Å². The molecule has 0 spiro atoms. The van der Waals surface area contributed by atoms with E-state index in [2.05, 4.69) is 26.1 Å². The molecule has 1 rings (SSSR count). The molecule has 1 aliphatic heterocycles. The zero-order valence-electron chi connectivity index (χ0n) is 17.2. The fourth-order valence-electron chi connectivity index (χ4n) is 2.92. The highest BCUT2D eigenvalue weighted by atomic mass is 32.2. The van der Waals surface area contributed by atoms with Crippen LogP contribution in [0.15, 0.2) is 0 Å². The molecule has 0 aliphatic carbocycles. The number of sulfonamides is 1. The van der Waals surface area contributed by atoms with Crippen LogP contribution in [0.2, 0.25) is 0 Å². The zero-order chi connectivity index (χ0) is 20.9. The summed E-state index contributed by atoms with van der Waals surface area (Å²) in [6.45, 7) is 10.6. The molecule has 0 aromatic rings. The van der Waals surface area contributed by atoms with Crippen molar-refractivity contribution in [3.8, 4) is 0 Å². The van der Waals surface area contributed by atoms with Crippen molar-refractivity contribution in [2.75, 3.05) is 25.4 Å². The molecule has 0 bridgehead atoms. The maximum absolute atomic E-state index is 12.3. The van der Waals surface area contributed by atoms with Crippen molar-refractivity contribution in [2.24, 2.45) is 10.8 Å². The summed E-state index contributed by atoms with van der Waals surface area (Å²) in [5, 5.41) is 12.4. The second-order valence-electron chi connectivity index (χ2n) is 9.25. The van der Waals surface area contributed by atoms with Crippen molar-refractivity contribution in [3.05, 3.63) is 0 Å². The predicted molar refractivity (Wildman–Crippen MR) is 104 cm³/mol. The van der Waals surface area contributed by atoms with Gasteiger partial charge in [-0.3, -0.25) is 14.9 Å². The topological polar surface area (TPSA) is 107 Å². The number of rotatable bonds is 11. The Hall–Kier alpha value is -1.19. The van der Waals surface area contributed by atoms with Gasteiger partial charge in [0.1, 0.15) is 0 Å². The van der Waals surface area contributed by atoms with Gasteiger partial charge >= 0.3 is 6.03 Å². The maximum atomic E-state index is 12.3. The molecule has 1 saturated heterocycles. The summed E-state index contributed by atoms with van der Waals surface area (Å²) in [6, 6.07) is -0.369. The Labute approximate surface area is 163 Å². The van der Waals surface area contributed by atoms with Crippen LogP contribution in [0.4, 0.5) is 4.79 Å². The highest BCUT2D eigenvalue weighted by Gasteiger charge is 2.29. The fraction of sp³-hybridized carbons (Fsp3) is 0.889. The first-order valence-corrected chi connectivity index (χ1v) is 11.1. The van der Waals surface area contributed by atoms with Crippen molar-refractivity contribution in [3.63, 3.8) is 0 Å². The first-order valence-electron chi connectivity index (χ1n) is 9.51. The summed E-state index contributed by atoms with van der Waals surface area (Å²) in [5.74, 6) is -0.360. The van der Waals surface area contributed by atoms with E-state index in [-0.39, 0.29) is 41.6 Å². The summed E-state index contributed by atoms with van der Waals surface area (Å²) in [4.78, 5) is 24.2. The number of nitrogens with zero attached hydrogens (tertiary/aromatic N) is 2. The van der Waals surface area contributed by atoms with Crippen molar-refractivity contribution in [1.29, 1.82) is 0 Å². The molecule has 158 valence electrons. The number of hydroxylamine groups is 1. The molecule has 0 aromatic carbocycles. The lowest BCUT2D eigenvalue weighted by atomic mass is 9.85. The summed E-state index contributed by atoms with van der Waals surface area (Å²) in [5.41, 5.74) is -0.182. The molecule has 0 aromatic heterocycles. The summed E-state index contributed by atoms with van der Waals surface area (Å²) < 4.78 is 25.0. The van der Waals surface area contributed by atoms with E-state index in [9.17, 15) is 23.2 Å². The Balaban J connectivity index is 2.39. The minimum atomic E-state index is -3.71. The number of amides is 3. The predicted octanol–water partition coefficient (Wildman–Crippen LogP) is 2.58. The number of imide groups is 1. The number of carbonyl (C=O) groups excluding carboxylic acids is 2. The van der Waals surface area contributed by atoms with Crippen molar-refractivity contribution in [1.82, 2.24) is 14.7 Å². The third kappa shape index (κ3) is 8.57. The van der Waals surface area contributed by atoms with E-state index >= 15 is 0 Å². The molecule has 9 heteroatoms. The standard InChI is InChI=1S/C18H35N3O5S/c1-17(2,3)8-6-12-21(24)27(25,26)13-10-18(4,5)9-7-11-20-15(22)14-19-16(20)23/h24H,6-14H2,1-5H3,(H,19,23). The van der Waals surface area contributed by atoms with Gasteiger partial charge in [0.15, 0.2) is 0 Å². The highest BCUT2D eigenvalue weighted by Crippen LogP contribution is 2.28. The lowest BCUT2D eigenvalue weighted by Gasteiger charge is -2.26. The average molecular weight is 406 g/mol. The molecule has 0 radical (unpaired) electrons. The molecule has 27 heavy (non-hydrogen) atoms. The fourth-order valence-corrected chi connectivity index (χ4v) is 4.35. The van der Waals surface area contributed by atoms with Gasteiger partial charge in [0, 0.05) is 13.1 Å². The summed E-state index contributed by atoms with van der Waals surface area (Å²) in [6.07, 6.45) is 3.11. The van der Waals surface area contributed by atoms with Crippen LogP contribution < -0.4 is 5.32 Å². The van der Waals surface area contributed by atoms with E-state index in [4.69, 9.17) is 0 Å². The largest absolute Gasteiger partial charge is 0.329 e. The number of nitrogens with one attached hydrogen (secondary N) is 1. The van der Waals surface area contributed by atoms with Crippen LogP contribution in [0, 0.1) is 10.8 Å². The zero-order valence-corrected chi connectivity index (χ0v) is 18.1. The summed E-state index contributed by atoms with van der Waals surface area (Å²) >= 11 is 0. The minimum Gasteiger partial charge on any atom is -0.329 e. The summed E-state index contributed by atoms with van der Waals surface area (Å²) in [7, 11) is -3.71.